The van der Waals surface area contributed by atoms with Crippen molar-refractivity contribution in [2.24, 2.45) is 0 Å². The molecule has 132 valence electrons. The highest BCUT2D eigenvalue weighted by atomic mass is 19.1. The zero-order valence-electron chi connectivity index (χ0n) is 13.7. The first-order valence-corrected chi connectivity index (χ1v) is 7.84. The van der Waals surface area contributed by atoms with Crippen molar-refractivity contribution in [1.29, 1.82) is 0 Å². The number of nitrogens with zero attached hydrogens (tertiary/aromatic N) is 3. The lowest BCUT2D eigenvalue weighted by Gasteiger charge is -2.22. The number of ether oxygens (including phenoxy) is 2. The van der Waals surface area contributed by atoms with Gasteiger partial charge in [-0.25, -0.2) is 9.18 Å². The van der Waals surface area contributed by atoms with Crippen LogP contribution in [-0.4, -0.2) is 52.4 Å². The smallest absolute Gasteiger partial charge is 0.328 e. The SMILES string of the molecule is COC(=O)C1CC(Oc2ccccc2F)CN1C(=O)Cn1cccn1. The number of hydrogen-bond donors (Lipinski definition) is 0. The predicted octanol–water partition coefficient (Wildman–Crippen LogP) is 1.24. The number of para-hydroxylation sites is 1. The summed E-state index contributed by atoms with van der Waals surface area (Å²) in [6.45, 7) is 0.182. The third kappa shape index (κ3) is 3.78. The Hall–Kier alpha value is -2.90. The van der Waals surface area contributed by atoms with Crippen LogP contribution in [0.25, 0.3) is 0 Å². The standard InChI is InChI=1S/C17H18FN3O4/c1-24-17(23)14-9-12(25-15-6-3-2-5-13(15)18)10-21(14)16(22)11-20-8-4-7-19-20/h2-8,12,14H,9-11H2,1H3. The number of amides is 1. The Bertz CT molecular complexity index is 750. The van der Waals surface area contributed by atoms with Crippen molar-refractivity contribution in [1.82, 2.24) is 14.7 Å². The van der Waals surface area contributed by atoms with Gasteiger partial charge in [-0.3, -0.25) is 9.48 Å². The highest BCUT2D eigenvalue weighted by molar-refractivity contribution is 5.85. The van der Waals surface area contributed by atoms with E-state index in [0.717, 1.165) is 0 Å². The van der Waals surface area contributed by atoms with Gasteiger partial charge >= 0.3 is 5.97 Å². The van der Waals surface area contributed by atoms with Crippen LogP contribution in [0.3, 0.4) is 0 Å². The lowest BCUT2D eigenvalue weighted by atomic mass is 10.2. The van der Waals surface area contributed by atoms with E-state index in [0.29, 0.717) is 0 Å². The van der Waals surface area contributed by atoms with Gasteiger partial charge in [-0.2, -0.15) is 5.10 Å². The number of benzene rings is 1. The zero-order valence-corrected chi connectivity index (χ0v) is 13.7. The summed E-state index contributed by atoms with van der Waals surface area (Å²) in [5, 5.41) is 3.99. The molecule has 0 saturated carbocycles. The lowest BCUT2D eigenvalue weighted by Crippen LogP contribution is -2.42. The van der Waals surface area contributed by atoms with Gasteiger partial charge < -0.3 is 14.4 Å². The van der Waals surface area contributed by atoms with Crippen LogP contribution in [-0.2, 0) is 20.9 Å². The van der Waals surface area contributed by atoms with Gasteiger partial charge in [0.1, 0.15) is 18.7 Å². The van der Waals surface area contributed by atoms with E-state index in [-0.39, 0.29) is 31.2 Å². The summed E-state index contributed by atoms with van der Waals surface area (Å²) in [6, 6.07) is 6.98. The molecule has 1 aromatic carbocycles. The van der Waals surface area contributed by atoms with Gasteiger partial charge in [0.15, 0.2) is 11.6 Å². The Morgan fingerprint density at radius 2 is 2.12 bits per heavy atom. The highest BCUT2D eigenvalue weighted by Gasteiger charge is 2.41. The molecule has 1 aliphatic heterocycles. The van der Waals surface area contributed by atoms with Gasteiger partial charge in [0.2, 0.25) is 5.91 Å². The van der Waals surface area contributed by atoms with Crippen LogP contribution in [0.2, 0.25) is 0 Å². The fourth-order valence-corrected chi connectivity index (χ4v) is 2.86. The second-order valence-electron chi connectivity index (χ2n) is 5.69. The van der Waals surface area contributed by atoms with E-state index in [9.17, 15) is 14.0 Å². The molecule has 1 fully saturated rings. The molecule has 3 rings (SSSR count). The van der Waals surface area contributed by atoms with Gasteiger partial charge in [0.05, 0.1) is 13.7 Å². The van der Waals surface area contributed by atoms with Crippen LogP contribution in [0, 0.1) is 5.82 Å². The molecule has 1 amide bonds. The molecule has 0 radical (unpaired) electrons. The molecular weight excluding hydrogens is 329 g/mol. The molecule has 0 bridgehead atoms. The predicted molar refractivity (Wildman–Crippen MR) is 85.2 cm³/mol. The van der Waals surface area contributed by atoms with E-state index in [1.807, 2.05) is 0 Å². The number of methoxy groups -OCH3 is 1. The van der Waals surface area contributed by atoms with E-state index >= 15 is 0 Å². The largest absolute Gasteiger partial charge is 0.485 e. The Morgan fingerprint density at radius 1 is 1.32 bits per heavy atom. The number of halogens is 1. The molecule has 1 aliphatic rings. The van der Waals surface area contributed by atoms with E-state index < -0.39 is 23.9 Å². The summed E-state index contributed by atoms with van der Waals surface area (Å²) < 4.78 is 25.7. The summed E-state index contributed by atoms with van der Waals surface area (Å²) in [4.78, 5) is 26.0. The number of esters is 1. The van der Waals surface area contributed by atoms with Gasteiger partial charge in [0, 0.05) is 18.8 Å². The van der Waals surface area contributed by atoms with Crippen molar-refractivity contribution >= 4 is 11.9 Å². The molecule has 2 unspecified atom stereocenters. The van der Waals surface area contributed by atoms with Crippen LogP contribution < -0.4 is 4.74 Å². The maximum atomic E-state index is 13.8. The monoisotopic (exact) mass is 347 g/mol. The molecule has 1 saturated heterocycles. The molecule has 1 aromatic heterocycles. The number of aromatic nitrogens is 2. The van der Waals surface area contributed by atoms with E-state index in [2.05, 4.69) is 5.10 Å². The molecule has 0 spiro atoms. The first-order chi connectivity index (χ1) is 12.1. The third-order valence-corrected chi connectivity index (χ3v) is 4.04. The third-order valence-electron chi connectivity index (χ3n) is 4.04. The minimum absolute atomic E-state index is 0.00686. The van der Waals surface area contributed by atoms with Crippen LogP contribution in [0.5, 0.6) is 5.75 Å². The maximum absolute atomic E-state index is 13.8. The normalized spacial score (nSPS) is 19.7. The van der Waals surface area contributed by atoms with Gasteiger partial charge in [-0.15, -0.1) is 0 Å². The Balaban J connectivity index is 1.73. The van der Waals surface area contributed by atoms with Crippen molar-refractivity contribution in [3.63, 3.8) is 0 Å². The van der Waals surface area contributed by atoms with Crippen molar-refractivity contribution in [2.45, 2.75) is 25.1 Å². The average Bonchev–Trinajstić information content (AvgIpc) is 3.26. The Morgan fingerprint density at radius 3 is 2.80 bits per heavy atom. The topological polar surface area (TPSA) is 73.7 Å². The number of carbonyl (C=O) groups excluding carboxylic acids is 2. The minimum Gasteiger partial charge on any atom is -0.485 e. The molecular formula is C17H18FN3O4. The van der Waals surface area contributed by atoms with Crippen molar-refractivity contribution in [2.75, 3.05) is 13.7 Å². The summed E-state index contributed by atoms with van der Waals surface area (Å²) in [6.07, 6.45) is 2.97. The quantitative estimate of drug-likeness (QED) is 0.761. The molecule has 2 aromatic rings. The summed E-state index contributed by atoms with van der Waals surface area (Å²) >= 11 is 0. The van der Waals surface area contributed by atoms with Crippen molar-refractivity contribution in [3.05, 3.63) is 48.5 Å². The first-order valence-electron chi connectivity index (χ1n) is 7.84. The van der Waals surface area contributed by atoms with Gasteiger partial charge in [-0.1, -0.05) is 12.1 Å². The molecule has 7 nitrogen and oxygen atoms in total. The van der Waals surface area contributed by atoms with Crippen molar-refractivity contribution in [3.8, 4) is 5.75 Å². The summed E-state index contributed by atoms with van der Waals surface area (Å²) in [7, 11) is 1.27. The van der Waals surface area contributed by atoms with E-state index in [1.54, 1.807) is 30.6 Å². The van der Waals surface area contributed by atoms with Crippen LogP contribution in [0.4, 0.5) is 4.39 Å². The van der Waals surface area contributed by atoms with E-state index in [4.69, 9.17) is 9.47 Å². The molecule has 2 heterocycles. The lowest BCUT2D eigenvalue weighted by molar-refractivity contribution is -0.151. The number of rotatable bonds is 5. The van der Waals surface area contributed by atoms with Crippen LogP contribution >= 0.6 is 0 Å². The molecule has 8 heteroatoms. The fourth-order valence-electron chi connectivity index (χ4n) is 2.86. The number of likely N-dealkylation sites (tertiary alicyclic amines) is 1. The highest BCUT2D eigenvalue weighted by Crippen LogP contribution is 2.25. The van der Waals surface area contributed by atoms with E-state index in [1.165, 1.54) is 28.8 Å². The summed E-state index contributed by atoms with van der Waals surface area (Å²) in [5.74, 6) is -1.19. The molecule has 25 heavy (non-hydrogen) atoms. The Kier molecular flexibility index (Phi) is 4.97. The minimum atomic E-state index is -0.759. The first kappa shape index (κ1) is 16.9. The average molecular weight is 347 g/mol. The van der Waals surface area contributed by atoms with Gasteiger partial charge in [-0.05, 0) is 18.2 Å². The number of hydrogen-bond acceptors (Lipinski definition) is 5. The second kappa shape index (κ2) is 7.33. The fraction of sp³-hybridized carbons (Fsp3) is 0.353. The van der Waals surface area contributed by atoms with Crippen LogP contribution in [0.15, 0.2) is 42.7 Å². The maximum Gasteiger partial charge on any atom is 0.328 e. The zero-order chi connectivity index (χ0) is 17.8. The summed E-state index contributed by atoms with van der Waals surface area (Å²) in [5.41, 5.74) is 0. The Labute approximate surface area is 143 Å². The number of carbonyl (C=O) groups is 2. The second-order valence-corrected chi connectivity index (χ2v) is 5.69. The van der Waals surface area contributed by atoms with Crippen molar-refractivity contribution < 1.29 is 23.5 Å². The molecule has 2 atom stereocenters. The molecule has 0 N–H and O–H groups in total. The van der Waals surface area contributed by atoms with Crippen LogP contribution in [0.1, 0.15) is 6.42 Å². The molecule has 0 aliphatic carbocycles. The van der Waals surface area contributed by atoms with Gasteiger partial charge in [0.25, 0.3) is 0 Å².